The predicted molar refractivity (Wildman–Crippen MR) is 86.9 cm³/mol. The van der Waals surface area contributed by atoms with Gasteiger partial charge >= 0.3 is 0 Å². The summed E-state index contributed by atoms with van der Waals surface area (Å²) in [5, 5.41) is 0.529. The molecule has 1 aliphatic rings. The number of hydrogen-bond donors (Lipinski definition) is 0. The topological polar surface area (TPSA) is 66.7 Å². The van der Waals surface area contributed by atoms with Crippen molar-refractivity contribution < 1.29 is 14.0 Å². The van der Waals surface area contributed by atoms with E-state index in [0.29, 0.717) is 30.3 Å². The molecule has 0 N–H and O–H groups in total. The zero-order valence-electron chi connectivity index (χ0n) is 13.5. The number of carbonyl (C=O) groups is 2. The highest BCUT2D eigenvalue weighted by Crippen LogP contribution is 2.24. The summed E-state index contributed by atoms with van der Waals surface area (Å²) < 4.78 is 5.42. The summed E-state index contributed by atoms with van der Waals surface area (Å²) >= 11 is 1.44. The molecule has 2 aromatic heterocycles. The van der Waals surface area contributed by atoms with E-state index in [9.17, 15) is 9.59 Å². The first kappa shape index (κ1) is 15.7. The van der Waals surface area contributed by atoms with Crippen LogP contribution < -0.4 is 0 Å². The average Bonchev–Trinajstić information content (AvgIpc) is 3.08. The Labute approximate surface area is 138 Å². The van der Waals surface area contributed by atoms with E-state index in [1.807, 2.05) is 6.92 Å². The summed E-state index contributed by atoms with van der Waals surface area (Å²) in [5.74, 6) is 0.958. The van der Waals surface area contributed by atoms with E-state index >= 15 is 0 Å². The second-order valence-corrected chi connectivity index (χ2v) is 6.87. The van der Waals surface area contributed by atoms with E-state index in [1.165, 1.54) is 16.2 Å². The van der Waals surface area contributed by atoms with Gasteiger partial charge in [-0.3, -0.25) is 9.59 Å². The van der Waals surface area contributed by atoms with Gasteiger partial charge < -0.3 is 14.2 Å². The highest BCUT2D eigenvalue weighted by molar-refractivity contribution is 7.13. The van der Waals surface area contributed by atoms with Gasteiger partial charge in [0.05, 0.1) is 5.69 Å². The molecule has 122 valence electrons. The first-order valence-electron chi connectivity index (χ1n) is 7.51. The van der Waals surface area contributed by atoms with Crippen molar-refractivity contribution in [1.82, 2.24) is 14.8 Å². The highest BCUT2D eigenvalue weighted by atomic mass is 32.1. The van der Waals surface area contributed by atoms with Gasteiger partial charge in [0.1, 0.15) is 5.76 Å². The van der Waals surface area contributed by atoms with Crippen LogP contribution in [0.15, 0.2) is 16.5 Å². The van der Waals surface area contributed by atoms with Crippen LogP contribution in [0.25, 0.3) is 0 Å². The molecule has 0 aliphatic carbocycles. The lowest BCUT2D eigenvalue weighted by Crippen LogP contribution is -2.33. The largest absolute Gasteiger partial charge is 0.456 e. The van der Waals surface area contributed by atoms with Gasteiger partial charge in [-0.15, -0.1) is 11.3 Å². The summed E-state index contributed by atoms with van der Waals surface area (Å²) in [6.07, 6.45) is 1.39. The van der Waals surface area contributed by atoms with Crippen LogP contribution in [0, 0.1) is 6.92 Å². The Morgan fingerprint density at radius 3 is 2.65 bits per heavy atom. The highest BCUT2D eigenvalue weighted by Gasteiger charge is 2.25. The Kier molecular flexibility index (Phi) is 4.21. The first-order chi connectivity index (χ1) is 11.0. The molecule has 23 heavy (non-hydrogen) atoms. The van der Waals surface area contributed by atoms with Crippen molar-refractivity contribution in [2.24, 2.45) is 0 Å². The Bertz CT molecular complexity index is 722. The van der Waals surface area contributed by atoms with Crippen LogP contribution in [-0.2, 0) is 12.8 Å². The number of fused-ring (bicyclic) bond motifs is 1. The zero-order valence-corrected chi connectivity index (χ0v) is 14.3. The maximum absolute atomic E-state index is 12.5. The normalized spacial score (nSPS) is 14.3. The van der Waals surface area contributed by atoms with Crippen LogP contribution in [0.3, 0.4) is 0 Å². The molecule has 0 radical (unpaired) electrons. The number of nitrogens with zero attached hydrogens (tertiary/aromatic N) is 3. The third-order valence-electron chi connectivity index (χ3n) is 3.83. The van der Waals surface area contributed by atoms with Gasteiger partial charge in [-0.25, -0.2) is 4.98 Å². The maximum atomic E-state index is 12.5. The van der Waals surface area contributed by atoms with Gasteiger partial charge in [-0.2, -0.15) is 0 Å². The minimum Gasteiger partial charge on any atom is -0.456 e. The molecule has 6 nitrogen and oxygen atoms in total. The van der Waals surface area contributed by atoms with Crippen LogP contribution in [-0.4, -0.2) is 53.8 Å². The SMILES string of the molecule is Cc1ccc(C(=O)N2CCc3nc(C(=O)N(C)C)sc3CC2)o1. The molecular weight excluding hydrogens is 314 g/mol. The van der Waals surface area contributed by atoms with E-state index in [4.69, 9.17) is 4.42 Å². The molecule has 3 rings (SSSR count). The molecule has 0 atom stereocenters. The van der Waals surface area contributed by atoms with E-state index in [2.05, 4.69) is 4.98 Å². The zero-order chi connectivity index (χ0) is 16.6. The monoisotopic (exact) mass is 333 g/mol. The van der Waals surface area contributed by atoms with Crippen molar-refractivity contribution in [2.75, 3.05) is 27.2 Å². The van der Waals surface area contributed by atoms with Crippen molar-refractivity contribution in [3.63, 3.8) is 0 Å². The van der Waals surface area contributed by atoms with Crippen molar-refractivity contribution in [2.45, 2.75) is 19.8 Å². The van der Waals surface area contributed by atoms with Crippen molar-refractivity contribution in [3.8, 4) is 0 Å². The van der Waals surface area contributed by atoms with Crippen LogP contribution in [0.5, 0.6) is 0 Å². The molecule has 2 amide bonds. The van der Waals surface area contributed by atoms with Gasteiger partial charge in [0.15, 0.2) is 10.8 Å². The fourth-order valence-corrected chi connectivity index (χ4v) is 3.67. The fourth-order valence-electron chi connectivity index (χ4n) is 2.55. The van der Waals surface area contributed by atoms with Crippen molar-refractivity contribution in [3.05, 3.63) is 39.2 Å². The molecule has 0 spiro atoms. The molecule has 0 bridgehead atoms. The number of thiazole rings is 1. The Balaban J connectivity index is 1.72. The van der Waals surface area contributed by atoms with E-state index in [1.54, 1.807) is 31.1 Å². The maximum Gasteiger partial charge on any atom is 0.289 e. The number of amides is 2. The smallest absolute Gasteiger partial charge is 0.289 e. The Morgan fingerprint density at radius 2 is 2.00 bits per heavy atom. The molecular formula is C16H19N3O3S. The van der Waals surface area contributed by atoms with Crippen molar-refractivity contribution in [1.29, 1.82) is 0 Å². The molecule has 2 aromatic rings. The molecule has 7 heteroatoms. The molecule has 0 fully saturated rings. The van der Waals surface area contributed by atoms with Crippen molar-refractivity contribution >= 4 is 23.2 Å². The number of aromatic nitrogens is 1. The quantitative estimate of drug-likeness (QED) is 0.843. The lowest BCUT2D eigenvalue weighted by atomic mass is 10.2. The van der Waals surface area contributed by atoms with Gasteiger partial charge in [-0.05, 0) is 19.1 Å². The lowest BCUT2D eigenvalue weighted by molar-refractivity contribution is 0.0728. The van der Waals surface area contributed by atoms with E-state index < -0.39 is 0 Å². The third kappa shape index (κ3) is 3.14. The minimum atomic E-state index is -0.0853. The Morgan fingerprint density at radius 1 is 1.26 bits per heavy atom. The second-order valence-electron chi connectivity index (χ2n) is 5.79. The summed E-state index contributed by atoms with van der Waals surface area (Å²) in [7, 11) is 3.45. The van der Waals surface area contributed by atoms with Crippen LogP contribution >= 0.6 is 11.3 Å². The summed E-state index contributed by atoms with van der Waals surface area (Å²) in [6, 6.07) is 3.51. The van der Waals surface area contributed by atoms with Crippen LogP contribution in [0.4, 0.5) is 0 Å². The summed E-state index contributed by atoms with van der Waals surface area (Å²) in [4.78, 5) is 33.4. The summed E-state index contributed by atoms with van der Waals surface area (Å²) in [6.45, 7) is 3.03. The number of aryl methyl sites for hydroxylation is 1. The van der Waals surface area contributed by atoms with Gasteiger partial charge in [0, 0.05) is 44.9 Å². The predicted octanol–water partition coefficient (Wildman–Crippen LogP) is 1.99. The number of carbonyl (C=O) groups excluding carboxylic acids is 2. The van der Waals surface area contributed by atoms with E-state index in [0.717, 1.165) is 22.8 Å². The number of hydrogen-bond acceptors (Lipinski definition) is 5. The first-order valence-corrected chi connectivity index (χ1v) is 8.33. The van der Waals surface area contributed by atoms with Crippen LogP contribution in [0.1, 0.15) is 36.7 Å². The standard InChI is InChI=1S/C16H19N3O3S/c1-10-4-5-12(22-10)15(20)19-8-6-11-13(7-9-19)23-14(17-11)16(21)18(2)3/h4-5H,6-9H2,1-3H3. The van der Waals surface area contributed by atoms with Gasteiger partial charge in [0.25, 0.3) is 11.8 Å². The van der Waals surface area contributed by atoms with Crippen LogP contribution in [0.2, 0.25) is 0 Å². The molecule has 0 aromatic carbocycles. The summed E-state index contributed by atoms with van der Waals surface area (Å²) in [5.41, 5.74) is 0.936. The molecule has 0 unspecified atom stereocenters. The van der Waals surface area contributed by atoms with Gasteiger partial charge in [-0.1, -0.05) is 0 Å². The van der Waals surface area contributed by atoms with Gasteiger partial charge in [0.2, 0.25) is 0 Å². The Hall–Kier alpha value is -2.15. The molecule has 3 heterocycles. The fraction of sp³-hybridized carbons (Fsp3) is 0.438. The molecule has 0 saturated heterocycles. The number of furan rings is 1. The minimum absolute atomic E-state index is 0.0675. The number of rotatable bonds is 2. The third-order valence-corrected chi connectivity index (χ3v) is 4.98. The molecule has 0 saturated carbocycles. The average molecular weight is 333 g/mol. The second kappa shape index (κ2) is 6.16. The lowest BCUT2D eigenvalue weighted by Gasteiger charge is -2.18. The molecule has 1 aliphatic heterocycles. The van der Waals surface area contributed by atoms with E-state index in [-0.39, 0.29) is 11.8 Å².